The highest BCUT2D eigenvalue weighted by Gasteiger charge is 2.27. The first-order valence-corrected chi connectivity index (χ1v) is 10.1. The Bertz CT molecular complexity index is 1290. The van der Waals surface area contributed by atoms with Gasteiger partial charge in [0.15, 0.2) is 5.82 Å². The molecule has 0 saturated carbocycles. The van der Waals surface area contributed by atoms with Gasteiger partial charge in [0.2, 0.25) is 5.78 Å². The van der Waals surface area contributed by atoms with Gasteiger partial charge in [-0.05, 0) is 29.8 Å². The van der Waals surface area contributed by atoms with Crippen LogP contribution in [0.5, 0.6) is 0 Å². The molecule has 9 nitrogen and oxygen atoms in total. The number of hydrogen-bond acceptors (Lipinski definition) is 6. The van der Waals surface area contributed by atoms with Crippen molar-refractivity contribution >= 4 is 17.6 Å². The molecule has 1 aromatic carbocycles. The molecule has 3 aromatic heterocycles. The average molecular weight is 440 g/mol. The van der Waals surface area contributed by atoms with E-state index >= 15 is 0 Å². The maximum atomic E-state index is 13.1. The molecule has 9 heteroatoms. The first kappa shape index (κ1) is 21.6. The van der Waals surface area contributed by atoms with Crippen molar-refractivity contribution < 1.29 is 14.4 Å². The molecule has 0 radical (unpaired) electrons. The fraction of sp³-hybridized carbons (Fsp3) is 0.0833. The number of nitrogens with zero attached hydrogens (tertiary/aromatic N) is 4. The van der Waals surface area contributed by atoms with Crippen LogP contribution in [-0.2, 0) is 16.0 Å². The Hall–Kier alpha value is -4.66. The summed E-state index contributed by atoms with van der Waals surface area (Å²) in [5, 5.41) is 7.14. The summed E-state index contributed by atoms with van der Waals surface area (Å²) in [6.07, 6.45) is 6.44. The van der Waals surface area contributed by atoms with E-state index in [0.717, 1.165) is 5.56 Å². The van der Waals surface area contributed by atoms with Gasteiger partial charge in [0.1, 0.15) is 6.04 Å². The number of nitrogens with one attached hydrogen (secondary N) is 1. The lowest BCUT2D eigenvalue weighted by molar-refractivity contribution is -0.137. The van der Waals surface area contributed by atoms with Crippen molar-refractivity contribution in [2.24, 2.45) is 5.73 Å². The van der Waals surface area contributed by atoms with Crippen molar-refractivity contribution in [1.82, 2.24) is 25.1 Å². The third kappa shape index (κ3) is 4.99. The van der Waals surface area contributed by atoms with Crippen LogP contribution in [0.3, 0.4) is 0 Å². The summed E-state index contributed by atoms with van der Waals surface area (Å²) in [5.74, 6) is -2.33. The Morgan fingerprint density at radius 2 is 1.76 bits per heavy atom. The monoisotopic (exact) mass is 440 g/mol. The Kier molecular flexibility index (Phi) is 6.31. The van der Waals surface area contributed by atoms with Gasteiger partial charge in [-0.15, -0.1) is 0 Å². The highest BCUT2D eigenvalue weighted by Crippen LogP contribution is 2.19. The number of hydrogen-bond donors (Lipinski definition) is 2. The molecule has 164 valence electrons. The molecule has 0 aliphatic rings. The SMILES string of the molecule is NC(=O)C(=O)C(Cc1cccnc1)NC(=O)c1cccnc1-n1ccc(-c2ccccc2)n1. The standard InChI is InChI=1S/C24H20N6O3/c25-22(32)21(31)20(14-16-6-4-11-26-15-16)28-24(33)18-9-5-12-27-23(18)30-13-10-19(29-30)17-7-2-1-3-8-17/h1-13,15,20H,14H2,(H2,25,32)(H,28,33). The van der Waals surface area contributed by atoms with Gasteiger partial charge in [0.05, 0.1) is 11.3 Å². The normalized spacial score (nSPS) is 11.5. The Balaban J connectivity index is 1.61. The molecule has 1 atom stereocenters. The second kappa shape index (κ2) is 9.65. The molecule has 4 aromatic rings. The van der Waals surface area contributed by atoms with E-state index in [0.29, 0.717) is 11.3 Å². The number of benzene rings is 1. The molecular weight excluding hydrogens is 420 g/mol. The van der Waals surface area contributed by atoms with Crippen LogP contribution in [0, 0.1) is 0 Å². The Labute approximate surface area is 189 Å². The van der Waals surface area contributed by atoms with E-state index in [4.69, 9.17) is 5.73 Å². The highest BCUT2D eigenvalue weighted by atomic mass is 16.2. The number of primary amides is 1. The average Bonchev–Trinajstić information content (AvgIpc) is 3.34. The van der Waals surface area contributed by atoms with Gasteiger partial charge in [-0.2, -0.15) is 5.10 Å². The smallest absolute Gasteiger partial charge is 0.287 e. The first-order valence-electron chi connectivity index (χ1n) is 10.1. The lowest BCUT2D eigenvalue weighted by atomic mass is 10.0. The third-order valence-electron chi connectivity index (χ3n) is 4.93. The van der Waals surface area contributed by atoms with Gasteiger partial charge in [0.25, 0.3) is 11.8 Å². The van der Waals surface area contributed by atoms with Crippen LogP contribution in [0.25, 0.3) is 17.1 Å². The second-order valence-electron chi connectivity index (χ2n) is 7.21. The molecule has 3 heterocycles. The second-order valence-corrected chi connectivity index (χ2v) is 7.21. The van der Waals surface area contributed by atoms with Crippen molar-refractivity contribution in [2.45, 2.75) is 12.5 Å². The molecule has 1 unspecified atom stereocenters. The zero-order valence-electron chi connectivity index (χ0n) is 17.5. The number of amides is 2. The summed E-state index contributed by atoms with van der Waals surface area (Å²) in [4.78, 5) is 45.4. The number of ketones is 1. The van der Waals surface area contributed by atoms with Gasteiger partial charge in [-0.1, -0.05) is 36.4 Å². The number of pyridine rings is 2. The molecular formula is C24H20N6O3. The molecule has 33 heavy (non-hydrogen) atoms. The predicted molar refractivity (Wildman–Crippen MR) is 120 cm³/mol. The van der Waals surface area contributed by atoms with Crippen LogP contribution in [0.15, 0.2) is 85.5 Å². The van der Waals surface area contributed by atoms with Gasteiger partial charge in [0, 0.05) is 36.8 Å². The maximum absolute atomic E-state index is 13.1. The first-order chi connectivity index (χ1) is 16.0. The topological polar surface area (TPSA) is 133 Å². The van der Waals surface area contributed by atoms with Crippen molar-refractivity contribution in [3.63, 3.8) is 0 Å². The van der Waals surface area contributed by atoms with E-state index in [1.165, 1.54) is 10.9 Å². The number of carbonyl (C=O) groups excluding carboxylic acids is 3. The summed E-state index contributed by atoms with van der Waals surface area (Å²) < 4.78 is 1.49. The lowest BCUT2D eigenvalue weighted by Crippen LogP contribution is -2.47. The minimum Gasteiger partial charge on any atom is -0.363 e. The molecule has 0 saturated heterocycles. The molecule has 0 aliphatic carbocycles. The van der Waals surface area contributed by atoms with E-state index in [-0.39, 0.29) is 17.8 Å². The van der Waals surface area contributed by atoms with E-state index in [1.807, 2.05) is 36.4 Å². The molecule has 0 aliphatic heterocycles. The van der Waals surface area contributed by atoms with Gasteiger partial charge in [-0.25, -0.2) is 9.67 Å². The largest absolute Gasteiger partial charge is 0.363 e. The number of aromatic nitrogens is 4. The van der Waals surface area contributed by atoms with Crippen LogP contribution >= 0.6 is 0 Å². The van der Waals surface area contributed by atoms with Crippen LogP contribution in [0.2, 0.25) is 0 Å². The summed E-state index contributed by atoms with van der Waals surface area (Å²) in [6, 6.07) is 16.9. The van der Waals surface area contributed by atoms with E-state index < -0.39 is 23.6 Å². The van der Waals surface area contributed by atoms with Gasteiger partial charge >= 0.3 is 0 Å². The summed E-state index contributed by atoms with van der Waals surface area (Å²) in [7, 11) is 0. The third-order valence-corrected chi connectivity index (χ3v) is 4.93. The van der Waals surface area contributed by atoms with Crippen molar-refractivity contribution in [2.75, 3.05) is 0 Å². The molecule has 0 fully saturated rings. The quantitative estimate of drug-likeness (QED) is 0.401. The minimum atomic E-state index is -1.15. The summed E-state index contributed by atoms with van der Waals surface area (Å²) >= 11 is 0. The predicted octanol–water partition coefficient (Wildman–Crippen LogP) is 1.72. The Morgan fingerprint density at radius 1 is 0.970 bits per heavy atom. The fourth-order valence-electron chi connectivity index (χ4n) is 3.33. The highest BCUT2D eigenvalue weighted by molar-refractivity contribution is 6.38. The van der Waals surface area contributed by atoms with Crippen LogP contribution < -0.4 is 11.1 Å². The molecule has 3 N–H and O–H groups in total. The van der Waals surface area contributed by atoms with Gasteiger partial charge < -0.3 is 11.1 Å². The molecule has 0 bridgehead atoms. The van der Waals surface area contributed by atoms with Crippen LogP contribution in [-0.4, -0.2) is 43.4 Å². The van der Waals surface area contributed by atoms with Crippen molar-refractivity contribution in [3.05, 3.63) is 96.6 Å². The van der Waals surface area contributed by atoms with E-state index in [2.05, 4.69) is 20.4 Å². The van der Waals surface area contributed by atoms with Gasteiger partial charge in [-0.3, -0.25) is 19.4 Å². The summed E-state index contributed by atoms with van der Waals surface area (Å²) in [6.45, 7) is 0. The lowest BCUT2D eigenvalue weighted by Gasteiger charge is -2.17. The van der Waals surface area contributed by atoms with Crippen molar-refractivity contribution in [1.29, 1.82) is 0 Å². The zero-order chi connectivity index (χ0) is 23.2. The Morgan fingerprint density at radius 3 is 2.48 bits per heavy atom. The number of nitrogens with two attached hydrogens (primary N) is 1. The molecule has 4 rings (SSSR count). The van der Waals surface area contributed by atoms with Crippen LogP contribution in [0.4, 0.5) is 0 Å². The number of carbonyl (C=O) groups is 3. The maximum Gasteiger partial charge on any atom is 0.287 e. The zero-order valence-corrected chi connectivity index (χ0v) is 17.5. The van der Waals surface area contributed by atoms with Crippen molar-refractivity contribution in [3.8, 4) is 17.1 Å². The minimum absolute atomic E-state index is 0.0663. The van der Waals surface area contributed by atoms with Crippen LogP contribution in [0.1, 0.15) is 15.9 Å². The summed E-state index contributed by atoms with van der Waals surface area (Å²) in [5.41, 5.74) is 7.69. The molecule has 0 spiro atoms. The van der Waals surface area contributed by atoms with E-state index in [1.54, 1.807) is 42.9 Å². The fourth-order valence-corrected chi connectivity index (χ4v) is 3.33. The van der Waals surface area contributed by atoms with E-state index in [9.17, 15) is 14.4 Å². The number of rotatable bonds is 8. The molecule has 2 amide bonds. The number of Topliss-reactive ketones (excluding diaryl/α,β-unsaturated/α-hetero) is 1.